The average molecular weight is 398 g/mol. The van der Waals surface area contributed by atoms with Crippen LogP contribution in [0, 0.1) is 0 Å². The molecule has 1 aliphatic heterocycles. The van der Waals surface area contributed by atoms with Crippen LogP contribution in [-0.2, 0) is 11.2 Å². The Bertz CT molecular complexity index is 1050. The summed E-state index contributed by atoms with van der Waals surface area (Å²) in [4.78, 5) is 31.2. The first-order valence-electron chi connectivity index (χ1n) is 8.46. The molecule has 27 heavy (non-hydrogen) atoms. The Hall–Kier alpha value is -2.70. The monoisotopic (exact) mass is 397 g/mol. The lowest BCUT2D eigenvalue weighted by atomic mass is 10.1. The third-order valence-corrected chi connectivity index (χ3v) is 5.82. The number of hydrogen-bond donors (Lipinski definition) is 1. The number of nitrogens with zero attached hydrogens (tertiary/aromatic N) is 2. The van der Waals surface area contributed by atoms with E-state index < -0.39 is 0 Å². The lowest BCUT2D eigenvalue weighted by Crippen LogP contribution is -2.27. The van der Waals surface area contributed by atoms with Gasteiger partial charge in [-0.05, 0) is 24.1 Å². The number of carbonyl (C=O) groups excluding carboxylic acids is 2. The van der Waals surface area contributed by atoms with E-state index in [2.05, 4.69) is 10.3 Å². The topological polar surface area (TPSA) is 62.3 Å². The van der Waals surface area contributed by atoms with Crippen LogP contribution in [0.3, 0.4) is 0 Å². The first-order chi connectivity index (χ1) is 13.0. The standard InChI is InChI=1S/C20H16ClN3O2S/c1-12(25)24-10-9-13-5-4-8-16(18(13)24)23-19(26)17-11-22-20(27-17)14-6-2-3-7-15(14)21/h2-8,11H,9-10H2,1H3,(H,23,26). The van der Waals surface area contributed by atoms with Crippen molar-refractivity contribution >= 4 is 46.1 Å². The van der Waals surface area contributed by atoms with Crippen LogP contribution in [0.15, 0.2) is 48.7 Å². The molecule has 0 bridgehead atoms. The number of benzene rings is 2. The number of para-hydroxylation sites is 1. The Kier molecular flexibility index (Phi) is 4.68. The Morgan fingerprint density at radius 3 is 2.78 bits per heavy atom. The fourth-order valence-electron chi connectivity index (χ4n) is 3.19. The molecule has 3 aromatic rings. The fourth-order valence-corrected chi connectivity index (χ4v) is 4.33. The van der Waals surface area contributed by atoms with E-state index in [4.69, 9.17) is 11.6 Å². The molecule has 0 fully saturated rings. The summed E-state index contributed by atoms with van der Waals surface area (Å²) in [6, 6.07) is 13.1. The van der Waals surface area contributed by atoms with E-state index in [9.17, 15) is 9.59 Å². The number of rotatable bonds is 3. The molecule has 0 radical (unpaired) electrons. The maximum absolute atomic E-state index is 12.7. The highest BCUT2D eigenvalue weighted by Crippen LogP contribution is 2.36. The third kappa shape index (κ3) is 3.34. The molecule has 2 aromatic carbocycles. The van der Waals surface area contributed by atoms with Crippen LogP contribution in [-0.4, -0.2) is 23.3 Å². The SMILES string of the molecule is CC(=O)N1CCc2cccc(NC(=O)c3cnc(-c4ccccc4Cl)s3)c21. The Morgan fingerprint density at radius 2 is 2.00 bits per heavy atom. The molecule has 1 aromatic heterocycles. The number of fused-ring (bicyclic) bond motifs is 1. The summed E-state index contributed by atoms with van der Waals surface area (Å²) < 4.78 is 0. The molecule has 0 atom stereocenters. The van der Waals surface area contributed by atoms with Gasteiger partial charge in [0, 0.05) is 19.0 Å². The molecule has 4 rings (SSSR count). The predicted molar refractivity (Wildman–Crippen MR) is 109 cm³/mol. The van der Waals surface area contributed by atoms with E-state index in [1.54, 1.807) is 17.2 Å². The van der Waals surface area contributed by atoms with Crippen LogP contribution in [0.1, 0.15) is 22.2 Å². The number of halogens is 1. The van der Waals surface area contributed by atoms with Crippen molar-refractivity contribution in [1.29, 1.82) is 0 Å². The summed E-state index contributed by atoms with van der Waals surface area (Å²) in [6.45, 7) is 2.17. The number of aromatic nitrogens is 1. The van der Waals surface area contributed by atoms with E-state index in [1.165, 1.54) is 18.3 Å². The smallest absolute Gasteiger partial charge is 0.267 e. The van der Waals surface area contributed by atoms with Crippen molar-refractivity contribution in [2.45, 2.75) is 13.3 Å². The highest BCUT2D eigenvalue weighted by Gasteiger charge is 2.26. The van der Waals surface area contributed by atoms with Crippen LogP contribution in [0.5, 0.6) is 0 Å². The molecule has 136 valence electrons. The first kappa shape index (κ1) is 17.7. The highest BCUT2D eigenvalue weighted by molar-refractivity contribution is 7.17. The van der Waals surface area contributed by atoms with Crippen molar-refractivity contribution in [3.05, 3.63) is 64.1 Å². The fraction of sp³-hybridized carbons (Fsp3) is 0.150. The van der Waals surface area contributed by atoms with Crippen molar-refractivity contribution in [3.63, 3.8) is 0 Å². The van der Waals surface area contributed by atoms with E-state index >= 15 is 0 Å². The number of anilines is 2. The highest BCUT2D eigenvalue weighted by atomic mass is 35.5. The maximum atomic E-state index is 12.7. The van der Waals surface area contributed by atoms with Crippen LogP contribution in [0.4, 0.5) is 11.4 Å². The van der Waals surface area contributed by atoms with Gasteiger partial charge in [0.05, 0.1) is 22.6 Å². The van der Waals surface area contributed by atoms with Gasteiger partial charge in [0.25, 0.3) is 5.91 Å². The van der Waals surface area contributed by atoms with Crippen molar-refractivity contribution in [1.82, 2.24) is 4.98 Å². The lowest BCUT2D eigenvalue weighted by molar-refractivity contribution is -0.116. The summed E-state index contributed by atoms with van der Waals surface area (Å²) in [5.74, 6) is -0.288. The van der Waals surface area contributed by atoms with Gasteiger partial charge in [-0.15, -0.1) is 11.3 Å². The summed E-state index contributed by atoms with van der Waals surface area (Å²) in [7, 11) is 0. The maximum Gasteiger partial charge on any atom is 0.267 e. The van der Waals surface area contributed by atoms with Gasteiger partial charge in [-0.2, -0.15) is 0 Å². The molecular weight excluding hydrogens is 382 g/mol. The summed E-state index contributed by atoms with van der Waals surface area (Å²) in [6.07, 6.45) is 2.33. The zero-order chi connectivity index (χ0) is 19.0. The molecule has 5 nitrogen and oxygen atoms in total. The summed E-state index contributed by atoms with van der Waals surface area (Å²) in [5.41, 5.74) is 3.28. The van der Waals surface area contributed by atoms with Crippen molar-refractivity contribution < 1.29 is 9.59 Å². The van der Waals surface area contributed by atoms with Crippen molar-refractivity contribution in [2.75, 3.05) is 16.8 Å². The quantitative estimate of drug-likeness (QED) is 0.701. The molecule has 0 saturated heterocycles. The molecule has 0 aliphatic carbocycles. The second-order valence-electron chi connectivity index (χ2n) is 6.20. The van der Waals surface area contributed by atoms with Gasteiger partial charge in [0.15, 0.2) is 0 Å². The van der Waals surface area contributed by atoms with Gasteiger partial charge in [-0.3, -0.25) is 9.59 Å². The van der Waals surface area contributed by atoms with Gasteiger partial charge in [-0.1, -0.05) is 41.9 Å². The Morgan fingerprint density at radius 1 is 1.19 bits per heavy atom. The van der Waals surface area contributed by atoms with Gasteiger partial charge < -0.3 is 10.2 Å². The third-order valence-electron chi connectivity index (χ3n) is 4.46. The molecule has 0 saturated carbocycles. The van der Waals surface area contributed by atoms with Gasteiger partial charge in [0.1, 0.15) is 9.88 Å². The predicted octanol–water partition coefficient (Wildman–Crippen LogP) is 4.62. The zero-order valence-corrected chi connectivity index (χ0v) is 16.1. The van der Waals surface area contributed by atoms with Crippen LogP contribution in [0.2, 0.25) is 5.02 Å². The molecule has 0 spiro atoms. The second-order valence-corrected chi connectivity index (χ2v) is 7.64. The van der Waals surface area contributed by atoms with Crippen LogP contribution in [0.25, 0.3) is 10.6 Å². The van der Waals surface area contributed by atoms with Crippen molar-refractivity contribution in [3.8, 4) is 10.6 Å². The first-order valence-corrected chi connectivity index (χ1v) is 9.66. The van der Waals surface area contributed by atoms with Crippen LogP contribution >= 0.6 is 22.9 Å². The number of amides is 2. The summed E-state index contributed by atoms with van der Waals surface area (Å²) >= 11 is 7.50. The Labute approximate surface area is 165 Å². The molecule has 2 heterocycles. The molecule has 0 unspecified atom stereocenters. The second kappa shape index (κ2) is 7.13. The number of hydrogen-bond acceptors (Lipinski definition) is 4. The normalized spacial score (nSPS) is 12.7. The van der Waals surface area contributed by atoms with E-state index in [0.717, 1.165) is 23.2 Å². The molecule has 7 heteroatoms. The van der Waals surface area contributed by atoms with Crippen LogP contribution < -0.4 is 10.2 Å². The number of nitrogens with one attached hydrogen (secondary N) is 1. The van der Waals surface area contributed by atoms with Gasteiger partial charge >= 0.3 is 0 Å². The largest absolute Gasteiger partial charge is 0.319 e. The van der Waals surface area contributed by atoms with E-state index in [1.807, 2.05) is 36.4 Å². The van der Waals surface area contributed by atoms with E-state index in [-0.39, 0.29) is 11.8 Å². The molecule has 1 aliphatic rings. The van der Waals surface area contributed by atoms with Gasteiger partial charge in [0.2, 0.25) is 5.91 Å². The average Bonchev–Trinajstić information content (AvgIpc) is 3.30. The minimum atomic E-state index is -0.255. The van der Waals surface area contributed by atoms with Gasteiger partial charge in [-0.25, -0.2) is 4.98 Å². The Balaban J connectivity index is 1.61. The summed E-state index contributed by atoms with van der Waals surface area (Å²) in [5, 5.41) is 4.21. The minimum absolute atomic E-state index is 0.0331. The zero-order valence-electron chi connectivity index (χ0n) is 14.5. The number of thiazole rings is 1. The molecule has 1 N–H and O–H groups in total. The molecular formula is C20H16ClN3O2S. The van der Waals surface area contributed by atoms with E-state index in [0.29, 0.717) is 27.1 Å². The van der Waals surface area contributed by atoms with Crippen molar-refractivity contribution in [2.24, 2.45) is 0 Å². The number of carbonyl (C=O) groups is 2. The minimum Gasteiger partial charge on any atom is -0.319 e. The molecule has 2 amide bonds. The lowest BCUT2D eigenvalue weighted by Gasteiger charge is -2.18.